The summed E-state index contributed by atoms with van der Waals surface area (Å²) in [4.78, 5) is 3.74. The Morgan fingerprint density at radius 2 is 2.24 bits per heavy atom. The maximum atomic E-state index is 5.45. The summed E-state index contributed by atoms with van der Waals surface area (Å²) < 4.78 is 5.45. The quantitative estimate of drug-likeness (QED) is 0.770. The van der Waals surface area contributed by atoms with Crippen LogP contribution in [0, 0.1) is 5.92 Å². The predicted molar refractivity (Wildman–Crippen MR) is 87.2 cm³/mol. The topological polar surface area (TPSA) is 41.3 Å². The molecule has 0 fully saturated rings. The van der Waals surface area contributed by atoms with E-state index >= 15 is 0 Å². The van der Waals surface area contributed by atoms with E-state index in [0.29, 0.717) is 5.92 Å². The molecule has 0 spiro atoms. The summed E-state index contributed by atoms with van der Waals surface area (Å²) in [5.41, 5.74) is 0.984. The molecule has 2 heterocycles. The standard InChI is InChI=1S/C16H25N3OS/c1-4-19(12-16-6-5-7-21-16)11-15-8-14(18-20-15)10-17-9-13(2)3/h5-8,13,17H,4,9-12H2,1-3H3. The molecule has 0 aliphatic rings. The first-order chi connectivity index (χ1) is 10.2. The molecule has 0 radical (unpaired) electrons. The summed E-state index contributed by atoms with van der Waals surface area (Å²) in [5, 5.41) is 9.64. The third-order valence-corrected chi connectivity index (χ3v) is 4.11. The van der Waals surface area contributed by atoms with Gasteiger partial charge in [-0.25, -0.2) is 0 Å². The monoisotopic (exact) mass is 307 g/mol. The molecule has 0 unspecified atom stereocenters. The number of hydrogen-bond acceptors (Lipinski definition) is 5. The van der Waals surface area contributed by atoms with Gasteiger partial charge in [0.05, 0.1) is 12.2 Å². The van der Waals surface area contributed by atoms with E-state index in [0.717, 1.165) is 44.2 Å². The number of thiophene rings is 1. The van der Waals surface area contributed by atoms with E-state index in [1.165, 1.54) is 4.88 Å². The summed E-state index contributed by atoms with van der Waals surface area (Å²) in [6.07, 6.45) is 0. The highest BCUT2D eigenvalue weighted by molar-refractivity contribution is 7.09. The molecule has 0 aliphatic heterocycles. The lowest BCUT2D eigenvalue weighted by Crippen LogP contribution is -2.21. The van der Waals surface area contributed by atoms with Gasteiger partial charge in [-0.2, -0.15) is 0 Å². The van der Waals surface area contributed by atoms with Gasteiger partial charge in [0.15, 0.2) is 5.76 Å². The summed E-state index contributed by atoms with van der Waals surface area (Å²) >= 11 is 1.80. The molecule has 116 valence electrons. The van der Waals surface area contributed by atoms with Gasteiger partial charge in [0.1, 0.15) is 0 Å². The normalized spacial score (nSPS) is 11.7. The molecule has 0 bridgehead atoms. The number of aromatic nitrogens is 1. The first-order valence-corrected chi connectivity index (χ1v) is 8.45. The third-order valence-electron chi connectivity index (χ3n) is 3.25. The smallest absolute Gasteiger partial charge is 0.151 e. The van der Waals surface area contributed by atoms with Crippen molar-refractivity contribution >= 4 is 11.3 Å². The maximum Gasteiger partial charge on any atom is 0.151 e. The minimum atomic E-state index is 0.651. The SMILES string of the molecule is CCN(Cc1cc(CNCC(C)C)no1)Cc1cccs1. The van der Waals surface area contributed by atoms with Crippen LogP contribution in [0.4, 0.5) is 0 Å². The van der Waals surface area contributed by atoms with Crippen molar-refractivity contribution in [2.75, 3.05) is 13.1 Å². The number of nitrogens with one attached hydrogen (secondary N) is 1. The third kappa shape index (κ3) is 5.61. The van der Waals surface area contributed by atoms with E-state index in [2.05, 4.69) is 59.7 Å². The molecule has 2 rings (SSSR count). The van der Waals surface area contributed by atoms with Crippen molar-refractivity contribution < 1.29 is 4.52 Å². The largest absolute Gasteiger partial charge is 0.360 e. The molecule has 0 saturated carbocycles. The average molecular weight is 307 g/mol. The van der Waals surface area contributed by atoms with Crippen LogP contribution in [0.5, 0.6) is 0 Å². The van der Waals surface area contributed by atoms with E-state index in [-0.39, 0.29) is 0 Å². The zero-order valence-corrected chi connectivity index (χ0v) is 13.9. The lowest BCUT2D eigenvalue weighted by atomic mass is 10.2. The Morgan fingerprint density at radius 1 is 1.38 bits per heavy atom. The second kappa shape index (κ2) is 8.32. The zero-order chi connectivity index (χ0) is 15.1. The van der Waals surface area contributed by atoms with Crippen LogP contribution in [0.3, 0.4) is 0 Å². The molecule has 5 heteroatoms. The Bertz CT molecular complexity index is 507. The van der Waals surface area contributed by atoms with E-state index in [1.54, 1.807) is 11.3 Å². The van der Waals surface area contributed by atoms with E-state index in [9.17, 15) is 0 Å². The lowest BCUT2D eigenvalue weighted by molar-refractivity contribution is 0.235. The Labute approximate surface area is 131 Å². The fraction of sp³-hybridized carbons (Fsp3) is 0.562. The second-order valence-corrected chi connectivity index (χ2v) is 6.72. The first kappa shape index (κ1) is 16.2. The van der Waals surface area contributed by atoms with Crippen molar-refractivity contribution in [2.45, 2.75) is 40.4 Å². The Hall–Kier alpha value is -1.17. The van der Waals surface area contributed by atoms with Crippen molar-refractivity contribution in [1.29, 1.82) is 0 Å². The van der Waals surface area contributed by atoms with Crippen LogP contribution in [0.2, 0.25) is 0 Å². The minimum absolute atomic E-state index is 0.651. The van der Waals surface area contributed by atoms with E-state index in [1.807, 2.05) is 0 Å². The van der Waals surface area contributed by atoms with Gasteiger partial charge in [0, 0.05) is 24.0 Å². The van der Waals surface area contributed by atoms with Crippen LogP contribution in [-0.4, -0.2) is 23.1 Å². The van der Waals surface area contributed by atoms with Gasteiger partial charge in [0.2, 0.25) is 0 Å². The van der Waals surface area contributed by atoms with Crippen LogP contribution < -0.4 is 5.32 Å². The van der Waals surface area contributed by atoms with Gasteiger partial charge in [-0.15, -0.1) is 11.3 Å². The number of nitrogens with zero attached hydrogens (tertiary/aromatic N) is 2. The molecule has 0 amide bonds. The minimum Gasteiger partial charge on any atom is -0.360 e. The highest BCUT2D eigenvalue weighted by atomic mass is 32.1. The van der Waals surface area contributed by atoms with Gasteiger partial charge < -0.3 is 9.84 Å². The summed E-state index contributed by atoms with van der Waals surface area (Å²) in [6.45, 7) is 11.1. The number of rotatable bonds is 9. The molecule has 2 aromatic rings. The first-order valence-electron chi connectivity index (χ1n) is 7.57. The van der Waals surface area contributed by atoms with Crippen molar-refractivity contribution in [3.63, 3.8) is 0 Å². The molecule has 0 aromatic carbocycles. The number of hydrogen-bond donors (Lipinski definition) is 1. The van der Waals surface area contributed by atoms with Gasteiger partial charge in [-0.3, -0.25) is 4.90 Å². The molecular formula is C16H25N3OS. The molecule has 1 N–H and O–H groups in total. The fourth-order valence-corrected chi connectivity index (χ4v) is 2.87. The fourth-order valence-electron chi connectivity index (χ4n) is 2.13. The highest BCUT2D eigenvalue weighted by Gasteiger charge is 2.10. The Balaban J connectivity index is 1.82. The van der Waals surface area contributed by atoms with Gasteiger partial charge in [-0.1, -0.05) is 32.0 Å². The Morgan fingerprint density at radius 3 is 2.90 bits per heavy atom. The van der Waals surface area contributed by atoms with Crippen LogP contribution in [0.15, 0.2) is 28.1 Å². The molecule has 21 heavy (non-hydrogen) atoms. The van der Waals surface area contributed by atoms with Gasteiger partial charge in [-0.05, 0) is 30.5 Å². The highest BCUT2D eigenvalue weighted by Crippen LogP contribution is 2.14. The van der Waals surface area contributed by atoms with Crippen LogP contribution in [0.25, 0.3) is 0 Å². The molecule has 0 atom stereocenters. The van der Waals surface area contributed by atoms with Gasteiger partial charge >= 0.3 is 0 Å². The predicted octanol–water partition coefficient (Wildman–Crippen LogP) is 3.50. The second-order valence-electron chi connectivity index (χ2n) is 5.69. The molecule has 2 aromatic heterocycles. The van der Waals surface area contributed by atoms with Crippen molar-refractivity contribution in [3.05, 3.63) is 39.9 Å². The zero-order valence-electron chi connectivity index (χ0n) is 13.1. The van der Waals surface area contributed by atoms with Crippen molar-refractivity contribution in [3.8, 4) is 0 Å². The average Bonchev–Trinajstić information content (AvgIpc) is 3.09. The lowest BCUT2D eigenvalue weighted by Gasteiger charge is -2.17. The molecule has 0 saturated heterocycles. The summed E-state index contributed by atoms with van der Waals surface area (Å²) in [5.74, 6) is 1.59. The van der Waals surface area contributed by atoms with Crippen LogP contribution >= 0.6 is 11.3 Å². The van der Waals surface area contributed by atoms with Gasteiger partial charge in [0.25, 0.3) is 0 Å². The van der Waals surface area contributed by atoms with E-state index in [4.69, 9.17) is 4.52 Å². The van der Waals surface area contributed by atoms with Crippen LogP contribution in [-0.2, 0) is 19.6 Å². The summed E-state index contributed by atoms with van der Waals surface area (Å²) in [6, 6.07) is 6.33. The van der Waals surface area contributed by atoms with Crippen LogP contribution in [0.1, 0.15) is 37.1 Å². The maximum absolute atomic E-state index is 5.45. The summed E-state index contributed by atoms with van der Waals surface area (Å²) in [7, 11) is 0. The van der Waals surface area contributed by atoms with Crippen molar-refractivity contribution in [1.82, 2.24) is 15.4 Å². The molecular weight excluding hydrogens is 282 g/mol. The van der Waals surface area contributed by atoms with Crippen molar-refractivity contribution in [2.24, 2.45) is 5.92 Å². The molecule has 0 aliphatic carbocycles. The molecule has 4 nitrogen and oxygen atoms in total. The Kier molecular flexibility index (Phi) is 6.42. The van der Waals surface area contributed by atoms with E-state index < -0.39 is 0 Å².